The smallest absolute Gasteiger partial charge is 0.377 e. The molecule has 0 spiro atoms. The fourth-order valence-electron chi connectivity index (χ4n) is 1.59. The zero-order valence-corrected chi connectivity index (χ0v) is 8.39. The van der Waals surface area contributed by atoms with E-state index in [0.717, 1.165) is 12.8 Å². The first kappa shape index (κ1) is 10.1. The Morgan fingerprint density at radius 2 is 2.40 bits per heavy atom. The standard InChI is InChI=1S/C9H12N2O4/c1-14-5-9(2-3-9)4-6-10-7(8(12)13)11-15-6/h2-5H2,1H3,(H,12,13). The Balaban J connectivity index is 2.02. The number of methoxy groups -OCH3 is 1. The minimum absolute atomic E-state index is 0.0943. The maximum atomic E-state index is 10.5. The largest absolute Gasteiger partial charge is 0.475 e. The summed E-state index contributed by atoms with van der Waals surface area (Å²) in [6.07, 6.45) is 2.72. The van der Waals surface area contributed by atoms with Crippen LogP contribution in [0.5, 0.6) is 0 Å². The molecule has 0 unspecified atom stereocenters. The summed E-state index contributed by atoms with van der Waals surface area (Å²) in [4.78, 5) is 14.3. The van der Waals surface area contributed by atoms with E-state index >= 15 is 0 Å². The van der Waals surface area contributed by atoms with Gasteiger partial charge in [-0.05, 0) is 18.0 Å². The molecule has 0 bridgehead atoms. The van der Waals surface area contributed by atoms with Crippen LogP contribution in [0.1, 0.15) is 29.4 Å². The molecule has 0 atom stereocenters. The first-order chi connectivity index (χ1) is 7.15. The van der Waals surface area contributed by atoms with Gasteiger partial charge in [-0.3, -0.25) is 0 Å². The van der Waals surface area contributed by atoms with Gasteiger partial charge in [0.15, 0.2) is 0 Å². The molecule has 15 heavy (non-hydrogen) atoms. The average Bonchev–Trinajstić information content (AvgIpc) is 2.77. The van der Waals surface area contributed by atoms with Gasteiger partial charge in [0.05, 0.1) is 6.61 Å². The Bertz CT molecular complexity index is 370. The summed E-state index contributed by atoms with van der Waals surface area (Å²) in [6.45, 7) is 0.651. The molecule has 0 aromatic carbocycles. The van der Waals surface area contributed by atoms with Crippen LogP contribution in [0, 0.1) is 5.41 Å². The van der Waals surface area contributed by atoms with E-state index in [4.69, 9.17) is 14.4 Å². The van der Waals surface area contributed by atoms with Gasteiger partial charge >= 0.3 is 5.97 Å². The summed E-state index contributed by atoms with van der Waals surface area (Å²) >= 11 is 0. The third-order valence-corrected chi connectivity index (χ3v) is 2.59. The summed E-state index contributed by atoms with van der Waals surface area (Å²) < 4.78 is 9.94. The van der Waals surface area contributed by atoms with E-state index in [-0.39, 0.29) is 11.2 Å². The normalized spacial score (nSPS) is 17.7. The topological polar surface area (TPSA) is 85.5 Å². The van der Waals surface area contributed by atoms with Gasteiger partial charge in [0, 0.05) is 18.9 Å². The van der Waals surface area contributed by atoms with E-state index in [0.29, 0.717) is 18.9 Å². The van der Waals surface area contributed by atoms with E-state index in [1.165, 1.54) is 0 Å². The van der Waals surface area contributed by atoms with Gasteiger partial charge in [-0.15, -0.1) is 0 Å². The predicted octanol–water partition coefficient (Wildman–Crippen LogP) is 0.737. The molecule has 1 fully saturated rings. The average molecular weight is 212 g/mol. The second kappa shape index (κ2) is 3.62. The Morgan fingerprint density at radius 3 is 2.87 bits per heavy atom. The van der Waals surface area contributed by atoms with Gasteiger partial charge in [0.2, 0.25) is 5.89 Å². The number of carbonyl (C=O) groups is 1. The molecule has 6 heteroatoms. The highest BCUT2D eigenvalue weighted by atomic mass is 16.5. The number of aromatic carboxylic acids is 1. The molecule has 0 amide bonds. The number of nitrogens with zero attached hydrogens (tertiary/aromatic N) is 2. The van der Waals surface area contributed by atoms with Crippen LogP contribution in [-0.2, 0) is 11.2 Å². The number of aromatic nitrogens is 2. The van der Waals surface area contributed by atoms with Gasteiger partial charge in [-0.1, -0.05) is 0 Å². The molecule has 0 saturated heterocycles. The third-order valence-electron chi connectivity index (χ3n) is 2.59. The SMILES string of the molecule is COCC1(Cc2nc(C(=O)O)no2)CC1. The third kappa shape index (κ3) is 2.15. The van der Waals surface area contributed by atoms with Crippen molar-refractivity contribution in [1.29, 1.82) is 0 Å². The minimum atomic E-state index is -1.17. The fraction of sp³-hybridized carbons (Fsp3) is 0.667. The van der Waals surface area contributed by atoms with E-state index in [2.05, 4.69) is 10.1 Å². The van der Waals surface area contributed by atoms with Crippen LogP contribution in [-0.4, -0.2) is 34.9 Å². The van der Waals surface area contributed by atoms with E-state index in [1.54, 1.807) is 7.11 Å². The molecule has 1 N–H and O–H groups in total. The van der Waals surface area contributed by atoms with Crippen molar-refractivity contribution >= 4 is 5.97 Å². The highest BCUT2D eigenvalue weighted by Gasteiger charge is 2.44. The second-order valence-electron chi connectivity index (χ2n) is 3.93. The molecular formula is C9H12N2O4. The van der Waals surface area contributed by atoms with Crippen molar-refractivity contribution < 1.29 is 19.2 Å². The highest BCUT2D eigenvalue weighted by molar-refractivity contribution is 5.82. The number of carboxylic acids is 1. The zero-order chi connectivity index (χ0) is 10.9. The molecule has 1 aromatic heterocycles. The first-order valence-corrected chi connectivity index (χ1v) is 4.70. The number of hydrogen-bond donors (Lipinski definition) is 1. The Labute approximate surface area is 86.2 Å². The molecule has 0 aliphatic heterocycles. The van der Waals surface area contributed by atoms with Crippen LogP contribution in [0.3, 0.4) is 0 Å². The molecule has 1 saturated carbocycles. The summed E-state index contributed by atoms with van der Waals surface area (Å²) in [6, 6.07) is 0. The Hall–Kier alpha value is -1.43. The van der Waals surface area contributed by atoms with Gasteiger partial charge in [0.25, 0.3) is 5.82 Å². The Kier molecular flexibility index (Phi) is 2.44. The molecule has 0 radical (unpaired) electrons. The van der Waals surface area contributed by atoms with Crippen LogP contribution in [0.2, 0.25) is 0 Å². The van der Waals surface area contributed by atoms with Crippen molar-refractivity contribution in [2.75, 3.05) is 13.7 Å². The van der Waals surface area contributed by atoms with Crippen molar-refractivity contribution in [1.82, 2.24) is 10.1 Å². The van der Waals surface area contributed by atoms with Gasteiger partial charge in [-0.2, -0.15) is 4.98 Å². The van der Waals surface area contributed by atoms with E-state index in [1.807, 2.05) is 0 Å². The van der Waals surface area contributed by atoms with Crippen molar-refractivity contribution in [3.05, 3.63) is 11.7 Å². The van der Waals surface area contributed by atoms with Crippen LogP contribution >= 0.6 is 0 Å². The maximum absolute atomic E-state index is 10.5. The number of carboxylic acid groups (broad SMARTS) is 1. The predicted molar refractivity (Wildman–Crippen MR) is 48.5 cm³/mol. The fourth-order valence-corrected chi connectivity index (χ4v) is 1.59. The summed E-state index contributed by atoms with van der Waals surface area (Å²) in [7, 11) is 1.65. The monoisotopic (exact) mass is 212 g/mol. The van der Waals surface area contributed by atoms with E-state index < -0.39 is 5.97 Å². The highest BCUT2D eigenvalue weighted by Crippen LogP contribution is 2.48. The maximum Gasteiger partial charge on any atom is 0.377 e. The number of hydrogen-bond acceptors (Lipinski definition) is 5. The molecule has 2 rings (SSSR count). The second-order valence-corrected chi connectivity index (χ2v) is 3.93. The minimum Gasteiger partial charge on any atom is -0.475 e. The van der Waals surface area contributed by atoms with Crippen LogP contribution in [0.15, 0.2) is 4.52 Å². The van der Waals surface area contributed by atoms with Crippen molar-refractivity contribution in [3.63, 3.8) is 0 Å². The zero-order valence-electron chi connectivity index (χ0n) is 8.39. The lowest BCUT2D eigenvalue weighted by Gasteiger charge is -2.09. The van der Waals surface area contributed by atoms with Crippen molar-refractivity contribution in [3.8, 4) is 0 Å². The summed E-state index contributed by atoms with van der Waals surface area (Å²) in [5, 5.41) is 12.0. The molecule has 1 aliphatic carbocycles. The molecule has 82 valence electrons. The van der Waals surface area contributed by atoms with E-state index in [9.17, 15) is 4.79 Å². The molecule has 1 heterocycles. The lowest BCUT2D eigenvalue weighted by atomic mass is 10.0. The lowest BCUT2D eigenvalue weighted by molar-refractivity contribution is 0.0680. The Morgan fingerprint density at radius 1 is 1.67 bits per heavy atom. The van der Waals surface area contributed by atoms with Gasteiger partial charge in [-0.25, -0.2) is 4.79 Å². The first-order valence-electron chi connectivity index (χ1n) is 4.70. The van der Waals surface area contributed by atoms with Gasteiger partial charge in [0.1, 0.15) is 0 Å². The molecular weight excluding hydrogens is 200 g/mol. The summed E-state index contributed by atoms with van der Waals surface area (Å²) in [5.41, 5.74) is 0.0943. The van der Waals surface area contributed by atoms with Crippen LogP contribution in [0.25, 0.3) is 0 Å². The lowest BCUT2D eigenvalue weighted by Crippen LogP contribution is -2.12. The molecule has 1 aromatic rings. The van der Waals surface area contributed by atoms with Gasteiger partial charge < -0.3 is 14.4 Å². The number of ether oxygens (including phenoxy) is 1. The van der Waals surface area contributed by atoms with Crippen molar-refractivity contribution in [2.45, 2.75) is 19.3 Å². The van der Waals surface area contributed by atoms with Crippen LogP contribution < -0.4 is 0 Å². The quantitative estimate of drug-likeness (QED) is 0.774. The molecule has 1 aliphatic rings. The van der Waals surface area contributed by atoms with Crippen LogP contribution in [0.4, 0.5) is 0 Å². The number of rotatable bonds is 5. The summed E-state index contributed by atoms with van der Waals surface area (Å²) in [5.74, 6) is -1.07. The molecule has 6 nitrogen and oxygen atoms in total. The van der Waals surface area contributed by atoms with Crippen molar-refractivity contribution in [2.24, 2.45) is 5.41 Å².